The van der Waals surface area contributed by atoms with Crippen molar-refractivity contribution in [3.8, 4) is 0 Å². The molecule has 2 aromatic carbocycles. The highest BCUT2D eigenvalue weighted by molar-refractivity contribution is 7.89. The third-order valence-corrected chi connectivity index (χ3v) is 7.38. The van der Waals surface area contributed by atoms with E-state index in [2.05, 4.69) is 4.98 Å². The van der Waals surface area contributed by atoms with Crippen LogP contribution in [0.15, 0.2) is 47.4 Å². The summed E-state index contributed by atoms with van der Waals surface area (Å²) in [5, 5.41) is 0. The first-order valence-electron chi connectivity index (χ1n) is 10.5. The van der Waals surface area contributed by atoms with Gasteiger partial charge in [0.2, 0.25) is 10.0 Å². The van der Waals surface area contributed by atoms with E-state index in [-0.39, 0.29) is 30.2 Å². The number of ether oxygens (including phenoxy) is 2. The van der Waals surface area contributed by atoms with Crippen LogP contribution in [0.2, 0.25) is 0 Å². The van der Waals surface area contributed by atoms with Crippen LogP contribution in [-0.2, 0) is 38.8 Å². The van der Waals surface area contributed by atoms with Gasteiger partial charge in [0.25, 0.3) is 0 Å². The Morgan fingerprint density at radius 3 is 2.56 bits per heavy atom. The van der Waals surface area contributed by atoms with Crippen LogP contribution in [-0.4, -0.2) is 54.5 Å². The number of hydrogen-bond donors (Lipinski definition) is 0. The summed E-state index contributed by atoms with van der Waals surface area (Å²) >= 11 is 0. The molecule has 0 amide bonds. The zero-order valence-corrected chi connectivity index (χ0v) is 19.0. The summed E-state index contributed by atoms with van der Waals surface area (Å²) in [7, 11) is -3.71. The number of morpholine rings is 1. The van der Waals surface area contributed by atoms with Gasteiger partial charge in [-0.1, -0.05) is 6.07 Å². The monoisotopic (exact) mass is 497 g/mol. The molecule has 0 aliphatic carbocycles. The van der Waals surface area contributed by atoms with Crippen LogP contribution in [0.5, 0.6) is 0 Å². The number of fused-ring (bicyclic) bond motifs is 1. The summed E-state index contributed by atoms with van der Waals surface area (Å²) in [4.78, 5) is 16.9. The van der Waals surface area contributed by atoms with E-state index in [1.54, 1.807) is 10.6 Å². The predicted molar refractivity (Wildman–Crippen MR) is 116 cm³/mol. The molecule has 1 saturated heterocycles. The van der Waals surface area contributed by atoms with E-state index < -0.39 is 27.7 Å². The van der Waals surface area contributed by atoms with Crippen molar-refractivity contribution < 1.29 is 35.9 Å². The van der Waals surface area contributed by atoms with E-state index in [0.29, 0.717) is 36.6 Å². The minimum atomic E-state index is -4.58. The highest BCUT2D eigenvalue weighted by Crippen LogP contribution is 2.30. The fraction of sp³-hybridized carbons (Fsp3) is 0.364. The van der Waals surface area contributed by atoms with Crippen LogP contribution in [0, 0.1) is 0 Å². The van der Waals surface area contributed by atoms with Gasteiger partial charge in [-0.15, -0.1) is 0 Å². The van der Waals surface area contributed by atoms with E-state index in [4.69, 9.17) is 9.47 Å². The molecule has 182 valence electrons. The molecule has 2 heterocycles. The van der Waals surface area contributed by atoms with Gasteiger partial charge in [0, 0.05) is 19.6 Å². The molecule has 1 aliphatic rings. The van der Waals surface area contributed by atoms with E-state index in [1.165, 1.54) is 22.5 Å². The molecule has 12 heteroatoms. The van der Waals surface area contributed by atoms with Crippen molar-refractivity contribution in [3.63, 3.8) is 0 Å². The largest absolute Gasteiger partial charge is 0.454 e. The lowest BCUT2D eigenvalue weighted by Gasteiger charge is -2.26. The lowest BCUT2D eigenvalue weighted by Crippen LogP contribution is -2.40. The van der Waals surface area contributed by atoms with Gasteiger partial charge in [-0.3, -0.25) is 0 Å². The van der Waals surface area contributed by atoms with Crippen LogP contribution in [0.3, 0.4) is 0 Å². The fourth-order valence-electron chi connectivity index (χ4n) is 3.75. The first-order valence-corrected chi connectivity index (χ1v) is 12.0. The molecular weight excluding hydrogens is 475 g/mol. The lowest BCUT2D eigenvalue weighted by molar-refractivity contribution is -0.137. The molecule has 1 fully saturated rings. The van der Waals surface area contributed by atoms with Gasteiger partial charge in [0.15, 0.2) is 0 Å². The Kier molecular flexibility index (Phi) is 6.65. The second-order valence-corrected chi connectivity index (χ2v) is 9.53. The fourth-order valence-corrected chi connectivity index (χ4v) is 5.18. The number of halogens is 3. The zero-order chi connectivity index (χ0) is 24.5. The molecule has 0 saturated carbocycles. The highest BCUT2D eigenvalue weighted by atomic mass is 32.2. The van der Waals surface area contributed by atoms with E-state index in [0.717, 1.165) is 18.2 Å². The third-order valence-electron chi connectivity index (χ3n) is 5.48. The topological polar surface area (TPSA) is 90.7 Å². The summed E-state index contributed by atoms with van der Waals surface area (Å²) in [6, 6.07) is 8.57. The second kappa shape index (κ2) is 9.35. The van der Waals surface area contributed by atoms with Crippen LogP contribution in [0.25, 0.3) is 11.0 Å². The molecule has 8 nitrogen and oxygen atoms in total. The lowest BCUT2D eigenvalue weighted by atomic mass is 10.1. The standard InChI is InChI=1S/C22H22F3N3O5S/c1-2-28-19-7-6-17(34(30,31)27-8-10-32-11-9-27)13-18(19)26-20(28)14-33-21(29)15-4-3-5-16(12-15)22(23,24)25/h3-7,12-13H,2,8-11,14H2,1H3. The van der Waals surface area contributed by atoms with Crippen molar-refractivity contribution in [2.24, 2.45) is 0 Å². The molecule has 3 aromatic rings. The Bertz CT molecular complexity index is 1320. The van der Waals surface area contributed by atoms with Crippen molar-refractivity contribution in [2.45, 2.75) is 31.1 Å². The van der Waals surface area contributed by atoms with Gasteiger partial charge in [-0.2, -0.15) is 17.5 Å². The van der Waals surface area contributed by atoms with E-state index in [1.807, 2.05) is 6.92 Å². The molecule has 1 aromatic heterocycles. The summed E-state index contributed by atoms with van der Waals surface area (Å²) in [6.45, 7) is 3.20. The van der Waals surface area contributed by atoms with Gasteiger partial charge in [0.05, 0.1) is 40.3 Å². The van der Waals surface area contributed by atoms with Crippen LogP contribution < -0.4 is 0 Å². The molecule has 0 spiro atoms. The minimum absolute atomic E-state index is 0.0927. The highest BCUT2D eigenvalue weighted by Gasteiger charge is 2.31. The van der Waals surface area contributed by atoms with E-state index >= 15 is 0 Å². The van der Waals surface area contributed by atoms with Gasteiger partial charge < -0.3 is 14.0 Å². The first kappa shape index (κ1) is 24.2. The smallest absolute Gasteiger partial charge is 0.416 e. The number of benzene rings is 2. The number of hydrogen-bond acceptors (Lipinski definition) is 6. The van der Waals surface area contributed by atoms with Gasteiger partial charge in [0.1, 0.15) is 12.4 Å². The molecular formula is C22H22F3N3O5S. The maximum absolute atomic E-state index is 12.9. The molecule has 34 heavy (non-hydrogen) atoms. The maximum Gasteiger partial charge on any atom is 0.416 e. The van der Waals surface area contributed by atoms with E-state index in [9.17, 15) is 26.4 Å². The Balaban J connectivity index is 1.57. The minimum Gasteiger partial charge on any atom is -0.454 e. The molecule has 4 rings (SSSR count). The zero-order valence-electron chi connectivity index (χ0n) is 18.2. The summed E-state index contributed by atoms with van der Waals surface area (Å²) in [6.07, 6.45) is -4.58. The van der Waals surface area contributed by atoms with Crippen molar-refractivity contribution >= 4 is 27.0 Å². The third kappa shape index (κ3) is 4.79. The van der Waals surface area contributed by atoms with Crippen molar-refractivity contribution in [2.75, 3.05) is 26.3 Å². The number of aryl methyl sites for hydroxylation is 1. The Labute approximate surface area is 193 Å². The SMILES string of the molecule is CCn1c(COC(=O)c2cccc(C(F)(F)F)c2)nc2cc(S(=O)(=O)N3CCOCC3)ccc21. The summed E-state index contributed by atoms with van der Waals surface area (Å²) < 4.78 is 78.2. The number of alkyl halides is 3. The van der Waals surface area contributed by atoms with Crippen LogP contribution >= 0.6 is 0 Å². The quantitative estimate of drug-likeness (QED) is 0.485. The molecule has 0 unspecified atom stereocenters. The molecule has 0 bridgehead atoms. The summed E-state index contributed by atoms with van der Waals surface area (Å²) in [5.74, 6) is -0.574. The molecule has 0 N–H and O–H groups in total. The normalized spacial score (nSPS) is 15.5. The molecule has 0 atom stereocenters. The van der Waals surface area contributed by atoms with Crippen molar-refractivity contribution in [1.29, 1.82) is 0 Å². The number of imidazole rings is 1. The number of carbonyl (C=O) groups is 1. The number of carbonyl (C=O) groups excluding carboxylic acids is 1. The Morgan fingerprint density at radius 2 is 1.88 bits per heavy atom. The number of sulfonamides is 1. The number of esters is 1. The van der Waals surface area contributed by atoms with Gasteiger partial charge >= 0.3 is 12.1 Å². The molecule has 1 aliphatic heterocycles. The predicted octanol–water partition coefficient (Wildman–Crippen LogP) is 3.45. The average Bonchev–Trinajstić information content (AvgIpc) is 3.19. The summed E-state index contributed by atoms with van der Waals surface area (Å²) in [5.41, 5.74) is -0.125. The average molecular weight is 497 g/mol. The maximum atomic E-state index is 12.9. The Hall–Kier alpha value is -2.96. The van der Waals surface area contributed by atoms with Gasteiger partial charge in [-0.05, 0) is 43.3 Å². The van der Waals surface area contributed by atoms with Crippen LogP contribution in [0.1, 0.15) is 28.7 Å². The van der Waals surface area contributed by atoms with Crippen molar-refractivity contribution in [3.05, 3.63) is 59.4 Å². The number of nitrogens with zero attached hydrogens (tertiary/aromatic N) is 3. The number of rotatable bonds is 6. The van der Waals surface area contributed by atoms with Gasteiger partial charge in [-0.25, -0.2) is 18.2 Å². The first-order chi connectivity index (χ1) is 16.1. The van der Waals surface area contributed by atoms with Crippen LogP contribution in [0.4, 0.5) is 13.2 Å². The molecule has 0 radical (unpaired) electrons. The Morgan fingerprint density at radius 1 is 1.15 bits per heavy atom. The van der Waals surface area contributed by atoms with Crippen molar-refractivity contribution in [1.82, 2.24) is 13.9 Å². The number of aromatic nitrogens is 2. The second-order valence-electron chi connectivity index (χ2n) is 7.59.